The number of hydrogen-bond donors (Lipinski definition) is 2. The van der Waals surface area contributed by atoms with Gasteiger partial charge in [-0.2, -0.15) is 4.98 Å². The zero-order valence-electron chi connectivity index (χ0n) is 19.2. The van der Waals surface area contributed by atoms with Crippen LogP contribution in [0.25, 0.3) is 22.2 Å². The van der Waals surface area contributed by atoms with Crippen LogP contribution in [0.15, 0.2) is 48.8 Å². The lowest BCUT2D eigenvalue weighted by Gasteiger charge is -2.40. The predicted molar refractivity (Wildman–Crippen MR) is 132 cm³/mol. The van der Waals surface area contributed by atoms with Crippen molar-refractivity contribution >= 4 is 34.1 Å². The number of morpholine rings is 1. The van der Waals surface area contributed by atoms with Crippen LogP contribution in [-0.4, -0.2) is 52.8 Å². The molecule has 9 heteroatoms. The molecule has 1 atom stereocenters. The summed E-state index contributed by atoms with van der Waals surface area (Å²) in [5.74, 6) is 1.15. The van der Waals surface area contributed by atoms with Crippen LogP contribution in [0.5, 0.6) is 5.88 Å². The number of anilines is 3. The molecule has 0 saturated carbocycles. The Hall–Kier alpha value is -4.11. The van der Waals surface area contributed by atoms with Crippen molar-refractivity contribution < 1.29 is 14.3 Å². The van der Waals surface area contributed by atoms with Gasteiger partial charge in [-0.05, 0) is 47.0 Å². The fourth-order valence-corrected chi connectivity index (χ4v) is 5.35. The maximum absolute atomic E-state index is 12.9. The zero-order valence-corrected chi connectivity index (χ0v) is 19.2. The number of aromatic nitrogens is 3. The maximum Gasteiger partial charge on any atom is 0.254 e. The van der Waals surface area contributed by atoms with Crippen LogP contribution >= 0.6 is 0 Å². The van der Waals surface area contributed by atoms with Crippen molar-refractivity contribution in [1.82, 2.24) is 19.9 Å². The van der Waals surface area contributed by atoms with E-state index in [1.54, 1.807) is 0 Å². The second-order valence-electron chi connectivity index (χ2n) is 9.10. The van der Waals surface area contributed by atoms with Crippen LogP contribution in [0.2, 0.25) is 0 Å². The molecule has 3 aliphatic heterocycles. The molecule has 0 radical (unpaired) electrons. The van der Waals surface area contributed by atoms with Crippen molar-refractivity contribution in [3.8, 4) is 17.0 Å². The molecule has 6 heterocycles. The minimum Gasteiger partial charge on any atom is -0.474 e. The minimum absolute atomic E-state index is 0.0897. The average Bonchev–Trinajstić information content (AvgIpc) is 3.47. The first kappa shape index (κ1) is 20.3. The van der Waals surface area contributed by atoms with E-state index >= 15 is 0 Å². The van der Waals surface area contributed by atoms with Crippen molar-refractivity contribution in [3.05, 3.63) is 59.9 Å². The second kappa shape index (κ2) is 7.71. The number of carbonyl (C=O) groups excluding carboxylic acids is 1. The van der Waals surface area contributed by atoms with E-state index in [1.807, 2.05) is 48.3 Å². The molecule has 176 valence electrons. The van der Waals surface area contributed by atoms with Crippen LogP contribution in [0.4, 0.5) is 17.2 Å². The topological polar surface area (TPSA) is 93.5 Å². The van der Waals surface area contributed by atoms with E-state index < -0.39 is 0 Å². The monoisotopic (exact) mass is 468 g/mol. The summed E-state index contributed by atoms with van der Waals surface area (Å²) in [7, 11) is 1.98. The summed E-state index contributed by atoms with van der Waals surface area (Å²) in [6.45, 7) is 3.23. The summed E-state index contributed by atoms with van der Waals surface area (Å²) in [5.41, 5.74) is 6.34. The van der Waals surface area contributed by atoms with Crippen LogP contribution in [-0.2, 0) is 18.3 Å². The van der Waals surface area contributed by atoms with Crippen molar-refractivity contribution in [2.24, 2.45) is 7.05 Å². The molecule has 0 bridgehead atoms. The van der Waals surface area contributed by atoms with Gasteiger partial charge in [-0.25, -0.2) is 4.98 Å². The number of rotatable bonds is 3. The Morgan fingerprint density at radius 2 is 2.06 bits per heavy atom. The summed E-state index contributed by atoms with van der Waals surface area (Å²) in [5, 5.41) is 7.42. The molecule has 1 amide bonds. The second-order valence-corrected chi connectivity index (χ2v) is 9.10. The molecule has 0 spiro atoms. The van der Waals surface area contributed by atoms with Crippen molar-refractivity contribution in [1.29, 1.82) is 0 Å². The Balaban J connectivity index is 1.26. The van der Waals surface area contributed by atoms with Gasteiger partial charge >= 0.3 is 0 Å². The van der Waals surface area contributed by atoms with E-state index in [-0.39, 0.29) is 11.9 Å². The van der Waals surface area contributed by atoms with Crippen LogP contribution < -0.4 is 20.3 Å². The normalized spacial score (nSPS) is 18.5. The molecule has 9 nitrogen and oxygen atoms in total. The van der Waals surface area contributed by atoms with Gasteiger partial charge in [-0.3, -0.25) is 4.79 Å². The van der Waals surface area contributed by atoms with Gasteiger partial charge in [0.1, 0.15) is 23.8 Å². The molecule has 7 rings (SSSR count). The number of nitrogens with one attached hydrogen (secondary N) is 2. The predicted octanol–water partition coefficient (Wildman–Crippen LogP) is 3.22. The van der Waals surface area contributed by atoms with Crippen molar-refractivity contribution in [2.45, 2.75) is 12.6 Å². The largest absolute Gasteiger partial charge is 0.474 e. The number of pyridine rings is 2. The third-order valence-corrected chi connectivity index (χ3v) is 7.08. The van der Waals surface area contributed by atoms with E-state index in [4.69, 9.17) is 14.5 Å². The first-order chi connectivity index (χ1) is 17.2. The Labute approximate surface area is 201 Å². The highest BCUT2D eigenvalue weighted by atomic mass is 16.5. The average molecular weight is 469 g/mol. The molecule has 3 aliphatic rings. The summed E-state index contributed by atoms with van der Waals surface area (Å²) in [6.07, 6.45) is 3.82. The molecule has 1 saturated heterocycles. The molecule has 35 heavy (non-hydrogen) atoms. The Morgan fingerprint density at radius 3 is 3.00 bits per heavy atom. The van der Waals surface area contributed by atoms with E-state index in [1.165, 1.54) is 0 Å². The van der Waals surface area contributed by atoms with Gasteiger partial charge in [0.15, 0.2) is 0 Å². The van der Waals surface area contributed by atoms with Crippen molar-refractivity contribution in [2.75, 3.05) is 36.6 Å². The lowest BCUT2D eigenvalue weighted by molar-refractivity contribution is 0.0693. The van der Waals surface area contributed by atoms with Gasteiger partial charge in [0.25, 0.3) is 5.91 Å². The van der Waals surface area contributed by atoms with Gasteiger partial charge in [0, 0.05) is 37.9 Å². The van der Waals surface area contributed by atoms with Gasteiger partial charge in [-0.15, -0.1) is 0 Å². The lowest BCUT2D eigenvalue weighted by atomic mass is 9.94. The van der Waals surface area contributed by atoms with Crippen molar-refractivity contribution in [3.63, 3.8) is 0 Å². The number of nitrogens with zero attached hydrogens (tertiary/aromatic N) is 4. The van der Waals surface area contributed by atoms with Crippen LogP contribution in [0.3, 0.4) is 0 Å². The molecule has 4 aromatic rings. The van der Waals surface area contributed by atoms with Gasteiger partial charge < -0.3 is 29.6 Å². The first-order valence-corrected chi connectivity index (χ1v) is 11.8. The fraction of sp³-hybridized carbons (Fsp3) is 0.269. The number of benzene rings is 1. The highest BCUT2D eigenvalue weighted by Gasteiger charge is 2.32. The standard InChI is InChI=1S/C26H24N6O3/c1-31-9-7-18-17(6-8-27-24(18)31)16-2-3-20(23-19(16)12-28-25(23)33)29-22-5-4-21-26(30-22)35-14-15-13-34-11-10-32(15)21/h2-9,15H,10-14H2,1H3,(H,28,33)(H,29,30)/t15-/m0/s1. The zero-order chi connectivity index (χ0) is 23.5. The van der Waals surface area contributed by atoms with E-state index in [9.17, 15) is 4.79 Å². The fourth-order valence-electron chi connectivity index (χ4n) is 5.35. The Bertz CT molecular complexity index is 1500. The molecule has 1 fully saturated rings. The Morgan fingerprint density at radius 1 is 1.11 bits per heavy atom. The maximum atomic E-state index is 12.9. The molecular weight excluding hydrogens is 444 g/mol. The number of hydrogen-bond acceptors (Lipinski definition) is 7. The number of carbonyl (C=O) groups is 1. The van der Waals surface area contributed by atoms with Crippen LogP contribution in [0, 0.1) is 0 Å². The Kier molecular flexibility index (Phi) is 4.47. The summed E-state index contributed by atoms with van der Waals surface area (Å²) in [6, 6.07) is 12.3. The van der Waals surface area contributed by atoms with E-state index in [0.717, 1.165) is 45.6 Å². The minimum atomic E-state index is -0.0897. The van der Waals surface area contributed by atoms with Gasteiger partial charge in [0.2, 0.25) is 5.88 Å². The molecule has 0 aliphatic carbocycles. The SMILES string of the molecule is Cn1ccc2c(-c3ccc(Nc4ccc5c(n4)OC[C@@H]4COCCN54)c4c3CNC4=O)ccnc21. The molecule has 0 unspecified atom stereocenters. The molecule has 2 N–H and O–H groups in total. The van der Waals surface area contributed by atoms with E-state index in [2.05, 4.69) is 32.7 Å². The van der Waals surface area contributed by atoms with Gasteiger partial charge in [-0.1, -0.05) is 6.07 Å². The van der Waals surface area contributed by atoms with Crippen LogP contribution in [0.1, 0.15) is 15.9 Å². The third-order valence-electron chi connectivity index (χ3n) is 7.08. The summed E-state index contributed by atoms with van der Waals surface area (Å²) < 4.78 is 13.5. The molecule has 3 aromatic heterocycles. The summed E-state index contributed by atoms with van der Waals surface area (Å²) >= 11 is 0. The van der Waals surface area contributed by atoms with E-state index in [0.29, 0.717) is 43.6 Å². The first-order valence-electron chi connectivity index (χ1n) is 11.8. The lowest BCUT2D eigenvalue weighted by Crippen LogP contribution is -2.51. The molecule has 1 aromatic carbocycles. The smallest absolute Gasteiger partial charge is 0.254 e. The number of ether oxygens (including phenoxy) is 2. The van der Waals surface area contributed by atoms with Gasteiger partial charge in [0.05, 0.1) is 30.5 Å². The number of aryl methyl sites for hydroxylation is 1. The highest BCUT2D eigenvalue weighted by Crippen LogP contribution is 2.39. The number of fused-ring (bicyclic) bond motifs is 5. The highest BCUT2D eigenvalue weighted by molar-refractivity contribution is 6.07. The summed E-state index contributed by atoms with van der Waals surface area (Å²) in [4.78, 5) is 24.4. The third kappa shape index (κ3) is 3.15. The quantitative estimate of drug-likeness (QED) is 0.477. The number of amides is 1. The molecular formula is C26H24N6O3.